The summed E-state index contributed by atoms with van der Waals surface area (Å²) in [5, 5.41) is 11.5. The maximum absolute atomic E-state index is 8.48. The first-order valence-corrected chi connectivity index (χ1v) is 4.45. The van der Waals surface area contributed by atoms with Crippen LogP contribution in [-0.4, -0.2) is 13.7 Å². The number of hydrogen-bond donors (Lipinski definition) is 1. The van der Waals surface area contributed by atoms with Crippen LogP contribution in [0.4, 0.5) is 5.69 Å². The van der Waals surface area contributed by atoms with E-state index in [0.717, 1.165) is 22.6 Å². The summed E-state index contributed by atoms with van der Waals surface area (Å²) < 4.78 is 5.23. The van der Waals surface area contributed by atoms with Gasteiger partial charge in [-0.3, -0.25) is 0 Å². The molecule has 3 nitrogen and oxygen atoms in total. The van der Waals surface area contributed by atoms with Crippen LogP contribution in [-0.2, 0) is 0 Å². The molecule has 0 radical (unpaired) electrons. The van der Waals surface area contributed by atoms with E-state index in [0.29, 0.717) is 6.54 Å². The molecule has 0 fully saturated rings. The van der Waals surface area contributed by atoms with Gasteiger partial charge in [0.05, 0.1) is 18.9 Å². The Labute approximate surface area is 84.3 Å². The van der Waals surface area contributed by atoms with Gasteiger partial charge in [0.25, 0.3) is 0 Å². The number of aryl methyl sites for hydroxylation is 2. The molecule has 14 heavy (non-hydrogen) atoms. The number of benzene rings is 1. The molecule has 1 rings (SSSR count). The van der Waals surface area contributed by atoms with E-state index in [4.69, 9.17) is 10.00 Å². The molecule has 3 heteroatoms. The number of nitriles is 1. The van der Waals surface area contributed by atoms with E-state index in [2.05, 4.69) is 11.4 Å². The quantitative estimate of drug-likeness (QED) is 0.743. The molecule has 1 aromatic carbocycles. The normalized spacial score (nSPS) is 9.29. The van der Waals surface area contributed by atoms with Crippen molar-refractivity contribution in [3.05, 3.63) is 23.3 Å². The summed E-state index contributed by atoms with van der Waals surface area (Å²) in [6.07, 6.45) is 0. The van der Waals surface area contributed by atoms with Gasteiger partial charge in [-0.15, -0.1) is 0 Å². The van der Waals surface area contributed by atoms with Crippen molar-refractivity contribution in [2.45, 2.75) is 13.8 Å². The highest BCUT2D eigenvalue weighted by atomic mass is 16.5. The Kier molecular flexibility index (Phi) is 3.35. The predicted octanol–water partition coefficient (Wildman–Crippen LogP) is 2.25. The Morgan fingerprint density at radius 2 is 2.14 bits per heavy atom. The number of ether oxygens (including phenoxy) is 1. The second-order valence-corrected chi connectivity index (χ2v) is 3.17. The van der Waals surface area contributed by atoms with Gasteiger partial charge >= 0.3 is 0 Å². The highest BCUT2D eigenvalue weighted by Crippen LogP contribution is 2.29. The maximum Gasteiger partial charge on any atom is 0.142 e. The zero-order valence-corrected chi connectivity index (χ0v) is 8.72. The van der Waals surface area contributed by atoms with Crippen molar-refractivity contribution in [1.82, 2.24) is 0 Å². The zero-order valence-electron chi connectivity index (χ0n) is 8.72. The van der Waals surface area contributed by atoms with Crippen LogP contribution in [0.1, 0.15) is 11.1 Å². The zero-order chi connectivity index (χ0) is 10.6. The van der Waals surface area contributed by atoms with Crippen LogP contribution in [0.3, 0.4) is 0 Å². The second kappa shape index (κ2) is 4.52. The van der Waals surface area contributed by atoms with Crippen LogP contribution in [0, 0.1) is 25.2 Å². The molecule has 0 unspecified atom stereocenters. The standard InChI is InChI=1S/C11H14N2O/c1-8-6-9(2)11(13-5-4-12)10(7-8)14-3/h6-7,13H,5H2,1-3H3. The first kappa shape index (κ1) is 10.4. The van der Waals surface area contributed by atoms with Crippen LogP contribution < -0.4 is 10.1 Å². The number of hydrogen-bond acceptors (Lipinski definition) is 3. The van der Waals surface area contributed by atoms with Crippen molar-refractivity contribution in [2.24, 2.45) is 0 Å². The lowest BCUT2D eigenvalue weighted by atomic mass is 10.1. The second-order valence-electron chi connectivity index (χ2n) is 3.17. The number of rotatable bonds is 3. The van der Waals surface area contributed by atoms with Gasteiger partial charge in [-0.05, 0) is 31.0 Å². The number of nitrogens with zero attached hydrogens (tertiary/aromatic N) is 1. The minimum Gasteiger partial charge on any atom is -0.495 e. The summed E-state index contributed by atoms with van der Waals surface area (Å²) >= 11 is 0. The molecule has 1 aromatic rings. The highest BCUT2D eigenvalue weighted by Gasteiger charge is 2.06. The van der Waals surface area contributed by atoms with Gasteiger partial charge in [0.1, 0.15) is 12.3 Å². The van der Waals surface area contributed by atoms with Crippen LogP contribution >= 0.6 is 0 Å². The highest BCUT2D eigenvalue weighted by molar-refractivity contribution is 5.63. The average Bonchev–Trinajstić information content (AvgIpc) is 2.15. The van der Waals surface area contributed by atoms with E-state index >= 15 is 0 Å². The molecular weight excluding hydrogens is 176 g/mol. The van der Waals surface area contributed by atoms with E-state index in [1.54, 1.807) is 7.11 Å². The van der Waals surface area contributed by atoms with Crippen LogP contribution in [0.15, 0.2) is 12.1 Å². The molecule has 0 saturated heterocycles. The Balaban J connectivity index is 3.06. The molecule has 74 valence electrons. The van der Waals surface area contributed by atoms with E-state index in [9.17, 15) is 0 Å². The molecule has 0 spiro atoms. The molecule has 0 aromatic heterocycles. The summed E-state index contributed by atoms with van der Waals surface area (Å²) in [6.45, 7) is 4.30. The summed E-state index contributed by atoms with van der Waals surface area (Å²) in [6, 6.07) is 6.05. The van der Waals surface area contributed by atoms with E-state index in [-0.39, 0.29) is 0 Å². The molecule has 0 aliphatic rings. The maximum atomic E-state index is 8.48. The van der Waals surface area contributed by atoms with E-state index in [1.165, 1.54) is 0 Å². The SMILES string of the molecule is COc1cc(C)cc(C)c1NCC#N. The number of anilines is 1. The lowest BCUT2D eigenvalue weighted by molar-refractivity contribution is 0.416. The fourth-order valence-corrected chi connectivity index (χ4v) is 1.44. The lowest BCUT2D eigenvalue weighted by Crippen LogP contribution is -2.03. The molecule has 1 N–H and O–H groups in total. The minimum atomic E-state index is 0.292. The molecule has 0 saturated carbocycles. The van der Waals surface area contributed by atoms with Crippen molar-refractivity contribution in [1.29, 1.82) is 5.26 Å². The number of nitrogens with one attached hydrogen (secondary N) is 1. The van der Waals surface area contributed by atoms with Crippen LogP contribution in [0.25, 0.3) is 0 Å². The molecule has 0 amide bonds. The Hall–Kier alpha value is -1.69. The van der Waals surface area contributed by atoms with E-state index in [1.807, 2.05) is 26.0 Å². The van der Waals surface area contributed by atoms with Crippen molar-refractivity contribution in [2.75, 3.05) is 19.0 Å². The van der Waals surface area contributed by atoms with Gasteiger partial charge in [0.15, 0.2) is 0 Å². The van der Waals surface area contributed by atoms with Gasteiger partial charge in [-0.2, -0.15) is 5.26 Å². The molecule has 0 aliphatic heterocycles. The van der Waals surface area contributed by atoms with Crippen molar-refractivity contribution < 1.29 is 4.74 Å². The van der Waals surface area contributed by atoms with Gasteiger partial charge < -0.3 is 10.1 Å². The predicted molar refractivity (Wildman–Crippen MR) is 56.6 cm³/mol. The summed E-state index contributed by atoms with van der Waals surface area (Å²) in [4.78, 5) is 0. The first-order chi connectivity index (χ1) is 6.69. The molecular formula is C11H14N2O. The Bertz CT molecular complexity index is 366. The van der Waals surface area contributed by atoms with E-state index < -0.39 is 0 Å². The summed E-state index contributed by atoms with van der Waals surface area (Å²) in [5.74, 6) is 0.790. The van der Waals surface area contributed by atoms with Crippen molar-refractivity contribution in [3.63, 3.8) is 0 Å². The lowest BCUT2D eigenvalue weighted by Gasteiger charge is -2.12. The third kappa shape index (κ3) is 2.17. The molecule has 0 aliphatic carbocycles. The minimum absolute atomic E-state index is 0.292. The van der Waals surface area contributed by atoms with Crippen molar-refractivity contribution >= 4 is 5.69 Å². The fraction of sp³-hybridized carbons (Fsp3) is 0.364. The topological polar surface area (TPSA) is 45.0 Å². The Morgan fingerprint density at radius 3 is 2.71 bits per heavy atom. The first-order valence-electron chi connectivity index (χ1n) is 4.45. The summed E-state index contributed by atoms with van der Waals surface area (Å²) in [7, 11) is 1.63. The van der Waals surface area contributed by atoms with Gasteiger partial charge in [0, 0.05) is 0 Å². The van der Waals surface area contributed by atoms with Crippen molar-refractivity contribution in [3.8, 4) is 11.8 Å². The van der Waals surface area contributed by atoms with Gasteiger partial charge in [-0.25, -0.2) is 0 Å². The molecule has 0 atom stereocenters. The largest absolute Gasteiger partial charge is 0.495 e. The third-order valence-corrected chi connectivity index (χ3v) is 2.01. The molecule has 0 bridgehead atoms. The fourth-order valence-electron chi connectivity index (χ4n) is 1.44. The smallest absolute Gasteiger partial charge is 0.142 e. The Morgan fingerprint density at radius 1 is 1.43 bits per heavy atom. The summed E-state index contributed by atoms with van der Waals surface area (Å²) in [5.41, 5.74) is 3.15. The van der Waals surface area contributed by atoms with Crippen LogP contribution in [0.5, 0.6) is 5.75 Å². The number of methoxy groups -OCH3 is 1. The van der Waals surface area contributed by atoms with Gasteiger partial charge in [0.2, 0.25) is 0 Å². The monoisotopic (exact) mass is 190 g/mol. The average molecular weight is 190 g/mol. The molecule has 0 heterocycles. The van der Waals surface area contributed by atoms with Crippen LogP contribution in [0.2, 0.25) is 0 Å². The van der Waals surface area contributed by atoms with Gasteiger partial charge in [-0.1, -0.05) is 6.07 Å². The third-order valence-electron chi connectivity index (χ3n) is 2.01.